The van der Waals surface area contributed by atoms with Crippen LogP contribution in [0.2, 0.25) is 0 Å². The zero-order valence-electron chi connectivity index (χ0n) is 25.0. The molecule has 0 heterocycles. The smallest absolute Gasteiger partial charge is 0.244 e. The van der Waals surface area contributed by atoms with Crippen LogP contribution in [0.5, 0.6) is 0 Å². The minimum absolute atomic E-state index is 0.0431. The summed E-state index contributed by atoms with van der Waals surface area (Å²) >= 11 is 0. The Balaban J connectivity index is 2.09. The van der Waals surface area contributed by atoms with Crippen LogP contribution >= 0.6 is 0 Å². The average molecular weight is 578 g/mol. The molecule has 8 heteroatoms. The zero-order chi connectivity index (χ0) is 30.2. The lowest BCUT2D eigenvalue weighted by atomic mass is 10.0. The molecule has 0 unspecified atom stereocenters. The molecule has 3 aromatic rings. The molecule has 2 amide bonds. The Kier molecular flexibility index (Phi) is 11.1. The van der Waals surface area contributed by atoms with Gasteiger partial charge in [-0.25, -0.2) is 8.42 Å². The van der Waals surface area contributed by atoms with Gasteiger partial charge in [-0.2, -0.15) is 0 Å². The fourth-order valence-corrected chi connectivity index (χ4v) is 5.65. The van der Waals surface area contributed by atoms with E-state index in [1.165, 1.54) is 9.21 Å². The van der Waals surface area contributed by atoms with Crippen LogP contribution in [0.25, 0.3) is 0 Å². The van der Waals surface area contributed by atoms with Gasteiger partial charge in [-0.05, 0) is 41.5 Å². The second kappa shape index (κ2) is 14.3. The molecule has 0 fully saturated rings. The first-order valence-corrected chi connectivity index (χ1v) is 15.9. The number of hydrogen-bond donors (Lipinski definition) is 1. The van der Waals surface area contributed by atoms with Crippen molar-refractivity contribution in [2.45, 2.75) is 59.5 Å². The van der Waals surface area contributed by atoms with Gasteiger partial charge in [-0.1, -0.05) is 106 Å². The van der Waals surface area contributed by atoms with Gasteiger partial charge in [0, 0.05) is 19.5 Å². The molecule has 3 aromatic carbocycles. The Morgan fingerprint density at radius 2 is 1.49 bits per heavy atom. The van der Waals surface area contributed by atoms with Crippen LogP contribution in [0.4, 0.5) is 5.69 Å². The molecule has 0 radical (unpaired) electrons. The van der Waals surface area contributed by atoms with Crippen LogP contribution in [0.3, 0.4) is 0 Å². The van der Waals surface area contributed by atoms with E-state index in [4.69, 9.17) is 0 Å². The second-order valence-corrected chi connectivity index (χ2v) is 13.2. The Hall–Kier alpha value is -3.65. The van der Waals surface area contributed by atoms with E-state index in [0.29, 0.717) is 18.7 Å². The number of sulfonamides is 1. The minimum atomic E-state index is -3.82. The molecule has 0 aliphatic heterocycles. The van der Waals surface area contributed by atoms with E-state index < -0.39 is 28.5 Å². The maximum Gasteiger partial charge on any atom is 0.244 e. The highest BCUT2D eigenvalue weighted by Crippen LogP contribution is 2.29. The number of amides is 2. The third kappa shape index (κ3) is 9.18. The van der Waals surface area contributed by atoms with E-state index in [1.807, 2.05) is 101 Å². The van der Waals surface area contributed by atoms with Gasteiger partial charge in [0.15, 0.2) is 0 Å². The quantitative estimate of drug-likeness (QED) is 0.299. The van der Waals surface area contributed by atoms with Crippen molar-refractivity contribution in [2.75, 3.05) is 23.7 Å². The number of carbonyl (C=O) groups is 2. The van der Waals surface area contributed by atoms with Crippen LogP contribution < -0.4 is 9.62 Å². The van der Waals surface area contributed by atoms with Crippen LogP contribution in [-0.2, 0) is 32.6 Å². The van der Waals surface area contributed by atoms with Gasteiger partial charge in [-0.15, -0.1) is 0 Å². The molecule has 0 saturated carbocycles. The van der Waals surface area contributed by atoms with E-state index in [2.05, 4.69) is 5.32 Å². The highest BCUT2D eigenvalue weighted by Gasteiger charge is 2.33. The third-order valence-electron chi connectivity index (χ3n) is 6.90. The summed E-state index contributed by atoms with van der Waals surface area (Å²) in [4.78, 5) is 29.5. The number of para-hydroxylation sites is 1. The van der Waals surface area contributed by atoms with Gasteiger partial charge < -0.3 is 10.2 Å². The Bertz CT molecular complexity index is 1420. The standard InChI is InChI=1S/C33H43N3O4S/c1-24(2)21-34-33(38)31(20-27-14-8-7-9-15-27)35(22-28-16-12-13-26(5)19-28)32(37)23-36(41(6,39)40)30-18-11-10-17-29(30)25(3)4/h7-19,24-25,31H,20-23H2,1-6H3,(H,34,38)/t31-/m0/s1. The summed E-state index contributed by atoms with van der Waals surface area (Å²) in [6.07, 6.45) is 1.41. The zero-order valence-corrected chi connectivity index (χ0v) is 25.8. The van der Waals surface area contributed by atoms with Crippen LogP contribution in [0, 0.1) is 12.8 Å². The number of benzene rings is 3. The van der Waals surface area contributed by atoms with E-state index in [9.17, 15) is 18.0 Å². The van der Waals surface area contributed by atoms with E-state index in [0.717, 1.165) is 28.5 Å². The number of anilines is 1. The first-order valence-electron chi connectivity index (χ1n) is 14.1. The molecule has 41 heavy (non-hydrogen) atoms. The number of nitrogens with zero attached hydrogens (tertiary/aromatic N) is 2. The van der Waals surface area contributed by atoms with Gasteiger partial charge >= 0.3 is 0 Å². The van der Waals surface area contributed by atoms with E-state index in [-0.39, 0.29) is 24.3 Å². The molecule has 7 nitrogen and oxygen atoms in total. The molecule has 0 aliphatic carbocycles. The van der Waals surface area contributed by atoms with Gasteiger partial charge in [0.05, 0.1) is 11.9 Å². The molecule has 1 N–H and O–H groups in total. The summed E-state index contributed by atoms with van der Waals surface area (Å²) in [6.45, 7) is 10.2. The van der Waals surface area contributed by atoms with Gasteiger partial charge in [0.1, 0.15) is 12.6 Å². The van der Waals surface area contributed by atoms with Crippen molar-refractivity contribution in [3.8, 4) is 0 Å². The summed E-state index contributed by atoms with van der Waals surface area (Å²) in [7, 11) is -3.82. The molecule has 3 rings (SSSR count). The molecule has 0 spiro atoms. The van der Waals surface area contributed by atoms with Crippen molar-refractivity contribution >= 4 is 27.5 Å². The molecule has 1 atom stereocenters. The van der Waals surface area contributed by atoms with E-state index in [1.54, 1.807) is 12.1 Å². The Morgan fingerprint density at radius 1 is 0.854 bits per heavy atom. The first kappa shape index (κ1) is 31.9. The van der Waals surface area contributed by atoms with Crippen LogP contribution in [0.15, 0.2) is 78.9 Å². The maximum absolute atomic E-state index is 14.3. The molecule has 0 aliphatic rings. The monoisotopic (exact) mass is 577 g/mol. The maximum atomic E-state index is 14.3. The SMILES string of the molecule is Cc1cccc(CN(C(=O)CN(c2ccccc2C(C)C)S(C)(=O)=O)[C@@H](Cc2ccccc2)C(=O)NCC(C)C)c1. The first-order chi connectivity index (χ1) is 19.4. The molecule has 0 saturated heterocycles. The predicted molar refractivity (Wildman–Crippen MR) is 166 cm³/mol. The molecular weight excluding hydrogens is 534 g/mol. The van der Waals surface area contributed by atoms with Gasteiger partial charge in [0.2, 0.25) is 21.8 Å². The fraction of sp³-hybridized carbons (Fsp3) is 0.394. The van der Waals surface area contributed by atoms with Crippen molar-refractivity contribution in [2.24, 2.45) is 5.92 Å². The fourth-order valence-electron chi connectivity index (χ4n) is 4.78. The summed E-state index contributed by atoms with van der Waals surface area (Å²) in [5.41, 5.74) is 4.09. The number of nitrogens with one attached hydrogen (secondary N) is 1. The van der Waals surface area contributed by atoms with Crippen molar-refractivity contribution in [1.82, 2.24) is 10.2 Å². The number of carbonyl (C=O) groups excluding carboxylic acids is 2. The lowest BCUT2D eigenvalue weighted by molar-refractivity contribution is -0.140. The van der Waals surface area contributed by atoms with Crippen molar-refractivity contribution in [3.05, 3.63) is 101 Å². The van der Waals surface area contributed by atoms with Crippen LogP contribution in [0.1, 0.15) is 55.9 Å². The number of aryl methyl sites for hydroxylation is 1. The molecular formula is C33H43N3O4S. The Labute approximate surface area is 245 Å². The summed E-state index contributed by atoms with van der Waals surface area (Å²) in [5.74, 6) is -0.444. The summed E-state index contributed by atoms with van der Waals surface area (Å²) < 4.78 is 27.4. The molecule has 0 bridgehead atoms. The second-order valence-electron chi connectivity index (χ2n) is 11.3. The lowest BCUT2D eigenvalue weighted by Crippen LogP contribution is -2.53. The summed E-state index contributed by atoms with van der Waals surface area (Å²) in [5, 5.41) is 3.01. The Morgan fingerprint density at radius 3 is 2.10 bits per heavy atom. The normalized spacial score (nSPS) is 12.3. The van der Waals surface area contributed by atoms with Gasteiger partial charge in [-0.3, -0.25) is 13.9 Å². The van der Waals surface area contributed by atoms with Crippen molar-refractivity contribution in [1.29, 1.82) is 0 Å². The van der Waals surface area contributed by atoms with E-state index >= 15 is 0 Å². The highest BCUT2D eigenvalue weighted by atomic mass is 32.2. The largest absolute Gasteiger partial charge is 0.354 e. The molecule has 220 valence electrons. The minimum Gasteiger partial charge on any atom is -0.354 e. The van der Waals surface area contributed by atoms with Crippen LogP contribution in [-0.4, -0.2) is 50.5 Å². The number of hydrogen-bond acceptors (Lipinski definition) is 4. The van der Waals surface area contributed by atoms with Gasteiger partial charge in [0.25, 0.3) is 0 Å². The van der Waals surface area contributed by atoms with Crippen molar-refractivity contribution < 1.29 is 18.0 Å². The lowest BCUT2D eigenvalue weighted by Gasteiger charge is -2.34. The molecule has 0 aromatic heterocycles. The predicted octanol–water partition coefficient (Wildman–Crippen LogP) is 5.30. The number of rotatable bonds is 13. The highest BCUT2D eigenvalue weighted by molar-refractivity contribution is 7.92. The summed E-state index contributed by atoms with van der Waals surface area (Å²) in [6, 6.07) is 23.8. The average Bonchev–Trinajstić information content (AvgIpc) is 2.92. The topological polar surface area (TPSA) is 86.8 Å². The third-order valence-corrected chi connectivity index (χ3v) is 8.02. The van der Waals surface area contributed by atoms with Crippen molar-refractivity contribution in [3.63, 3.8) is 0 Å².